The molecule has 2 aromatic carbocycles. The van der Waals surface area contributed by atoms with E-state index in [1.54, 1.807) is 0 Å². The molecule has 6 nitrogen and oxygen atoms in total. The first kappa shape index (κ1) is 24.3. The van der Waals surface area contributed by atoms with Crippen LogP contribution in [0.1, 0.15) is 45.1 Å². The highest BCUT2D eigenvalue weighted by Gasteiger charge is 2.22. The Hall–Kier alpha value is -2.86. The van der Waals surface area contributed by atoms with E-state index in [1.165, 1.54) is 36.9 Å². The van der Waals surface area contributed by atoms with Crippen LogP contribution < -0.4 is 20.4 Å². The standard InChI is InChI=1S/C28H40N6/c1-5-34(6-2)24-17-13-22(14-18-24)20-29-19-21-11-15-23(16-12-21)30-28-31-26-10-8-7-9-25(26)27(32-28)33(3)4/h7-10,13-14,17-18,21,23,29H,5-6,11-12,15-16,19-20H2,1-4H3,(H,30,31,32)/t21-,23+. The lowest BCUT2D eigenvalue weighted by Crippen LogP contribution is -2.31. The predicted octanol–water partition coefficient (Wildman–Crippen LogP) is 5.30. The average molecular weight is 461 g/mol. The Morgan fingerprint density at radius 2 is 1.59 bits per heavy atom. The molecule has 2 N–H and O–H groups in total. The summed E-state index contributed by atoms with van der Waals surface area (Å²) in [5.74, 6) is 2.45. The van der Waals surface area contributed by atoms with E-state index in [4.69, 9.17) is 9.97 Å². The zero-order valence-corrected chi connectivity index (χ0v) is 21.2. The molecule has 3 aromatic rings. The van der Waals surface area contributed by atoms with Gasteiger partial charge in [0.1, 0.15) is 5.82 Å². The van der Waals surface area contributed by atoms with E-state index in [0.717, 1.165) is 54.8 Å². The van der Waals surface area contributed by atoms with Gasteiger partial charge in [0.05, 0.1) is 5.52 Å². The Labute approximate surface area is 204 Å². The molecule has 4 rings (SSSR count). The van der Waals surface area contributed by atoms with Crippen LogP contribution in [0.2, 0.25) is 0 Å². The molecule has 1 heterocycles. The summed E-state index contributed by atoms with van der Waals surface area (Å²) in [6, 6.07) is 17.7. The van der Waals surface area contributed by atoms with E-state index < -0.39 is 0 Å². The van der Waals surface area contributed by atoms with Crippen molar-refractivity contribution in [3.63, 3.8) is 0 Å². The number of aromatic nitrogens is 2. The van der Waals surface area contributed by atoms with Gasteiger partial charge in [0.15, 0.2) is 0 Å². The van der Waals surface area contributed by atoms with Gasteiger partial charge in [-0.15, -0.1) is 0 Å². The highest BCUT2D eigenvalue weighted by molar-refractivity contribution is 5.90. The van der Waals surface area contributed by atoms with Crippen LogP contribution in [0.4, 0.5) is 17.5 Å². The van der Waals surface area contributed by atoms with Gasteiger partial charge in [-0.05, 0) is 81.8 Å². The fraction of sp³-hybridized carbons (Fsp3) is 0.500. The number of benzene rings is 2. The zero-order chi connectivity index (χ0) is 23.9. The fourth-order valence-electron chi connectivity index (χ4n) is 4.99. The quantitative estimate of drug-likeness (QED) is 0.428. The lowest BCUT2D eigenvalue weighted by Gasteiger charge is -2.29. The maximum Gasteiger partial charge on any atom is 0.225 e. The van der Waals surface area contributed by atoms with Crippen molar-refractivity contribution in [2.75, 3.05) is 48.8 Å². The van der Waals surface area contributed by atoms with E-state index in [0.29, 0.717) is 6.04 Å². The van der Waals surface area contributed by atoms with E-state index in [9.17, 15) is 0 Å². The second-order valence-corrected chi connectivity index (χ2v) is 9.61. The molecule has 1 saturated carbocycles. The Morgan fingerprint density at radius 3 is 2.26 bits per heavy atom. The Balaban J connectivity index is 1.24. The summed E-state index contributed by atoms with van der Waals surface area (Å²) in [4.78, 5) is 14.0. The molecule has 0 unspecified atom stereocenters. The maximum absolute atomic E-state index is 4.81. The van der Waals surface area contributed by atoms with Crippen molar-refractivity contribution in [3.8, 4) is 0 Å². The molecule has 1 aliphatic carbocycles. The molecule has 6 heteroatoms. The van der Waals surface area contributed by atoms with Gasteiger partial charge in [0, 0.05) is 50.8 Å². The monoisotopic (exact) mass is 460 g/mol. The second kappa shape index (κ2) is 11.5. The molecule has 34 heavy (non-hydrogen) atoms. The minimum Gasteiger partial charge on any atom is -0.372 e. The van der Waals surface area contributed by atoms with Gasteiger partial charge in [-0.2, -0.15) is 4.98 Å². The number of hydrogen-bond acceptors (Lipinski definition) is 6. The van der Waals surface area contributed by atoms with Crippen molar-refractivity contribution >= 4 is 28.4 Å². The first-order valence-electron chi connectivity index (χ1n) is 12.8. The number of nitrogens with zero attached hydrogens (tertiary/aromatic N) is 4. The van der Waals surface area contributed by atoms with Gasteiger partial charge in [-0.25, -0.2) is 4.98 Å². The van der Waals surface area contributed by atoms with Crippen LogP contribution in [0, 0.1) is 5.92 Å². The van der Waals surface area contributed by atoms with Gasteiger partial charge in [0.2, 0.25) is 5.95 Å². The Kier molecular flexibility index (Phi) is 8.22. The molecular weight excluding hydrogens is 420 g/mol. The summed E-state index contributed by atoms with van der Waals surface area (Å²) in [5, 5.41) is 8.40. The van der Waals surface area contributed by atoms with Gasteiger partial charge in [-0.1, -0.05) is 24.3 Å². The van der Waals surface area contributed by atoms with Crippen molar-refractivity contribution in [2.45, 2.75) is 52.1 Å². The summed E-state index contributed by atoms with van der Waals surface area (Å²) >= 11 is 0. The molecule has 0 amide bonds. The lowest BCUT2D eigenvalue weighted by molar-refractivity contribution is 0.324. The van der Waals surface area contributed by atoms with E-state index >= 15 is 0 Å². The number of fused-ring (bicyclic) bond motifs is 1. The van der Waals surface area contributed by atoms with Crippen molar-refractivity contribution < 1.29 is 0 Å². The topological polar surface area (TPSA) is 56.3 Å². The van der Waals surface area contributed by atoms with Crippen LogP contribution in [0.3, 0.4) is 0 Å². The van der Waals surface area contributed by atoms with Gasteiger partial charge in [0.25, 0.3) is 0 Å². The smallest absolute Gasteiger partial charge is 0.225 e. The van der Waals surface area contributed by atoms with Crippen molar-refractivity contribution in [1.82, 2.24) is 15.3 Å². The van der Waals surface area contributed by atoms with Crippen molar-refractivity contribution in [2.24, 2.45) is 5.92 Å². The van der Waals surface area contributed by atoms with E-state index in [1.807, 2.05) is 26.2 Å². The largest absolute Gasteiger partial charge is 0.372 e. The molecule has 0 aliphatic heterocycles. The normalized spacial score (nSPS) is 18.1. The van der Waals surface area contributed by atoms with Crippen molar-refractivity contribution in [1.29, 1.82) is 0 Å². The van der Waals surface area contributed by atoms with Crippen LogP contribution >= 0.6 is 0 Å². The summed E-state index contributed by atoms with van der Waals surface area (Å²) in [7, 11) is 4.08. The summed E-state index contributed by atoms with van der Waals surface area (Å²) < 4.78 is 0. The third-order valence-corrected chi connectivity index (χ3v) is 7.01. The Morgan fingerprint density at radius 1 is 0.882 bits per heavy atom. The van der Waals surface area contributed by atoms with Gasteiger partial charge < -0.3 is 20.4 Å². The predicted molar refractivity (Wildman–Crippen MR) is 145 cm³/mol. The summed E-state index contributed by atoms with van der Waals surface area (Å²) in [6.07, 6.45) is 4.80. The second-order valence-electron chi connectivity index (χ2n) is 9.61. The molecule has 0 spiro atoms. The highest BCUT2D eigenvalue weighted by Crippen LogP contribution is 2.28. The average Bonchev–Trinajstić information content (AvgIpc) is 2.86. The molecule has 1 fully saturated rings. The maximum atomic E-state index is 4.81. The zero-order valence-electron chi connectivity index (χ0n) is 21.2. The van der Waals surface area contributed by atoms with Crippen LogP contribution in [-0.2, 0) is 6.54 Å². The number of anilines is 3. The van der Waals surface area contributed by atoms with Crippen LogP contribution in [0.5, 0.6) is 0 Å². The molecule has 0 bridgehead atoms. The number of para-hydroxylation sites is 1. The molecule has 0 atom stereocenters. The van der Waals surface area contributed by atoms with Gasteiger partial charge in [-0.3, -0.25) is 0 Å². The van der Waals surface area contributed by atoms with Crippen molar-refractivity contribution in [3.05, 3.63) is 54.1 Å². The number of rotatable bonds is 10. The molecule has 1 aliphatic rings. The fourth-order valence-corrected chi connectivity index (χ4v) is 4.99. The van der Waals surface area contributed by atoms with Gasteiger partial charge >= 0.3 is 0 Å². The summed E-state index contributed by atoms with van der Waals surface area (Å²) in [5.41, 5.74) is 3.66. The highest BCUT2D eigenvalue weighted by atomic mass is 15.2. The molecule has 1 aromatic heterocycles. The summed E-state index contributed by atoms with van der Waals surface area (Å²) in [6.45, 7) is 8.54. The third-order valence-electron chi connectivity index (χ3n) is 7.01. The van der Waals surface area contributed by atoms with Crippen LogP contribution in [-0.4, -0.2) is 49.7 Å². The van der Waals surface area contributed by atoms with Crippen LogP contribution in [0.15, 0.2) is 48.5 Å². The van der Waals surface area contributed by atoms with E-state index in [-0.39, 0.29) is 0 Å². The first-order valence-corrected chi connectivity index (χ1v) is 12.8. The number of hydrogen-bond donors (Lipinski definition) is 2. The lowest BCUT2D eigenvalue weighted by atomic mass is 9.86. The SMILES string of the molecule is CCN(CC)c1ccc(CNC[C@H]2CC[C@@H](Nc3nc(N(C)C)c4ccccc4n3)CC2)cc1. The molecule has 0 radical (unpaired) electrons. The first-order chi connectivity index (χ1) is 16.6. The minimum atomic E-state index is 0.444. The number of nitrogens with one attached hydrogen (secondary N) is 2. The molecule has 0 saturated heterocycles. The third kappa shape index (κ3) is 5.98. The Bertz CT molecular complexity index is 1040. The molecule has 182 valence electrons. The minimum absolute atomic E-state index is 0.444. The molecular formula is C28H40N6. The van der Waals surface area contributed by atoms with Crippen LogP contribution in [0.25, 0.3) is 10.9 Å². The van der Waals surface area contributed by atoms with E-state index in [2.05, 4.69) is 70.7 Å².